The van der Waals surface area contributed by atoms with Crippen LogP contribution >= 0.6 is 0 Å². The summed E-state index contributed by atoms with van der Waals surface area (Å²) < 4.78 is 35.9. The predicted octanol–water partition coefficient (Wildman–Crippen LogP) is 0.499. The molecule has 2 atom stereocenters. The van der Waals surface area contributed by atoms with Crippen molar-refractivity contribution in [3.05, 3.63) is 0 Å². The molecule has 1 saturated heterocycles. The van der Waals surface area contributed by atoms with E-state index in [0.29, 0.717) is 6.54 Å². The topological polar surface area (TPSA) is 24.1 Å². The Morgan fingerprint density at radius 2 is 1.82 bits per heavy atom. The Hall–Kier alpha value is -0.290. The summed E-state index contributed by atoms with van der Waals surface area (Å²) >= 11 is 0. The summed E-state index contributed by atoms with van der Waals surface area (Å²) in [4.78, 5) is 0. The Labute approximate surface area is 63.2 Å². The first-order valence-electron chi connectivity index (χ1n) is 3.53. The van der Waals surface area contributed by atoms with E-state index in [1.807, 2.05) is 6.92 Å². The molecule has 0 aromatic heterocycles. The van der Waals surface area contributed by atoms with Crippen LogP contribution in [0, 0.1) is 0 Å². The monoisotopic (exact) mass is 168 g/mol. The molecule has 0 aromatic rings. The van der Waals surface area contributed by atoms with Crippen LogP contribution in [0.25, 0.3) is 0 Å². The molecule has 0 saturated carbocycles. The molecule has 1 rings (SSSR count). The van der Waals surface area contributed by atoms with Crippen molar-refractivity contribution in [1.82, 2.24) is 10.6 Å². The van der Waals surface area contributed by atoms with Crippen molar-refractivity contribution in [3.8, 4) is 0 Å². The lowest BCUT2D eigenvalue weighted by Gasteiger charge is -2.30. The fourth-order valence-corrected chi connectivity index (χ4v) is 1.01. The van der Waals surface area contributed by atoms with Crippen molar-refractivity contribution in [3.63, 3.8) is 0 Å². The molecule has 0 radical (unpaired) electrons. The predicted molar refractivity (Wildman–Crippen MR) is 35.3 cm³/mol. The molecule has 1 heterocycles. The standard InChI is InChI=1S/C6H11F3N2/c1-4-2-11-5(3-10-4)6(7,8)9/h4-5,10-11H,2-3H2,1H3/t4-,5-/m1/s1. The molecule has 1 fully saturated rings. The molecular formula is C6H11F3N2. The Morgan fingerprint density at radius 1 is 1.18 bits per heavy atom. The minimum absolute atomic E-state index is 0.0231. The first-order valence-corrected chi connectivity index (χ1v) is 3.53. The van der Waals surface area contributed by atoms with E-state index in [2.05, 4.69) is 10.6 Å². The third-order valence-corrected chi connectivity index (χ3v) is 1.74. The van der Waals surface area contributed by atoms with Gasteiger partial charge in [-0.3, -0.25) is 0 Å². The lowest BCUT2D eigenvalue weighted by Crippen LogP contribution is -2.58. The molecule has 1 aliphatic rings. The third-order valence-electron chi connectivity index (χ3n) is 1.74. The molecule has 0 aliphatic carbocycles. The van der Waals surface area contributed by atoms with Crippen molar-refractivity contribution in [2.45, 2.75) is 25.2 Å². The number of halogens is 3. The van der Waals surface area contributed by atoms with E-state index in [4.69, 9.17) is 0 Å². The van der Waals surface area contributed by atoms with Crippen LogP contribution in [-0.4, -0.2) is 31.3 Å². The lowest BCUT2D eigenvalue weighted by molar-refractivity contribution is -0.158. The fourth-order valence-electron chi connectivity index (χ4n) is 1.01. The highest BCUT2D eigenvalue weighted by atomic mass is 19.4. The van der Waals surface area contributed by atoms with E-state index in [1.165, 1.54) is 0 Å². The maximum atomic E-state index is 12.0. The first kappa shape index (κ1) is 8.80. The Bertz CT molecular complexity index is 126. The average molecular weight is 168 g/mol. The summed E-state index contributed by atoms with van der Waals surface area (Å²) in [5.74, 6) is 0. The quantitative estimate of drug-likeness (QED) is 0.550. The largest absolute Gasteiger partial charge is 0.405 e. The Morgan fingerprint density at radius 3 is 2.18 bits per heavy atom. The van der Waals surface area contributed by atoms with E-state index < -0.39 is 12.2 Å². The van der Waals surface area contributed by atoms with E-state index in [9.17, 15) is 13.2 Å². The normalized spacial score (nSPS) is 33.8. The minimum atomic E-state index is -4.12. The highest BCUT2D eigenvalue weighted by Gasteiger charge is 2.40. The summed E-state index contributed by atoms with van der Waals surface area (Å²) in [5.41, 5.74) is 0. The van der Waals surface area contributed by atoms with Crippen LogP contribution < -0.4 is 10.6 Å². The van der Waals surface area contributed by atoms with Crippen molar-refractivity contribution < 1.29 is 13.2 Å². The molecule has 0 spiro atoms. The van der Waals surface area contributed by atoms with Crippen molar-refractivity contribution in [2.24, 2.45) is 0 Å². The zero-order chi connectivity index (χ0) is 8.48. The van der Waals surface area contributed by atoms with Crippen LogP contribution in [0.2, 0.25) is 0 Å². The Kier molecular flexibility index (Phi) is 2.39. The number of piperazine rings is 1. The fraction of sp³-hybridized carbons (Fsp3) is 1.00. The summed E-state index contributed by atoms with van der Waals surface area (Å²) in [6, 6.07) is -1.24. The molecule has 0 aromatic carbocycles. The molecule has 11 heavy (non-hydrogen) atoms. The van der Waals surface area contributed by atoms with Gasteiger partial charge in [-0.25, -0.2) is 0 Å². The second kappa shape index (κ2) is 2.98. The van der Waals surface area contributed by atoms with Gasteiger partial charge in [0.25, 0.3) is 0 Å². The third kappa shape index (κ3) is 2.34. The maximum absolute atomic E-state index is 12.0. The smallest absolute Gasteiger partial charge is 0.311 e. The second-order valence-corrected chi connectivity index (χ2v) is 2.81. The van der Waals surface area contributed by atoms with Crippen LogP contribution in [0.15, 0.2) is 0 Å². The van der Waals surface area contributed by atoms with Crippen LogP contribution in [0.1, 0.15) is 6.92 Å². The number of hydrogen-bond donors (Lipinski definition) is 2. The van der Waals surface area contributed by atoms with Gasteiger partial charge in [-0.15, -0.1) is 0 Å². The number of nitrogens with one attached hydrogen (secondary N) is 2. The van der Waals surface area contributed by atoms with Gasteiger partial charge in [0.2, 0.25) is 0 Å². The van der Waals surface area contributed by atoms with Crippen molar-refractivity contribution >= 4 is 0 Å². The molecule has 0 bridgehead atoms. The number of hydrogen-bond acceptors (Lipinski definition) is 2. The average Bonchev–Trinajstić information content (AvgIpc) is 1.86. The molecule has 1 aliphatic heterocycles. The lowest BCUT2D eigenvalue weighted by atomic mass is 10.2. The van der Waals surface area contributed by atoms with Gasteiger partial charge in [0.1, 0.15) is 6.04 Å². The molecular weight excluding hydrogens is 157 g/mol. The van der Waals surface area contributed by atoms with Gasteiger partial charge < -0.3 is 10.6 Å². The van der Waals surface area contributed by atoms with E-state index in [1.54, 1.807) is 0 Å². The van der Waals surface area contributed by atoms with Crippen LogP contribution in [0.4, 0.5) is 13.2 Å². The highest BCUT2D eigenvalue weighted by Crippen LogP contribution is 2.20. The molecule has 2 N–H and O–H groups in total. The zero-order valence-corrected chi connectivity index (χ0v) is 6.20. The first-order chi connectivity index (χ1) is 5.00. The molecule has 0 amide bonds. The summed E-state index contributed by atoms with van der Waals surface area (Å²) in [6.45, 7) is 2.20. The van der Waals surface area contributed by atoms with Gasteiger partial charge in [-0.1, -0.05) is 0 Å². The minimum Gasteiger partial charge on any atom is -0.311 e. The van der Waals surface area contributed by atoms with Crippen LogP contribution in [0.3, 0.4) is 0 Å². The molecule has 2 nitrogen and oxygen atoms in total. The van der Waals surface area contributed by atoms with E-state index >= 15 is 0 Å². The van der Waals surface area contributed by atoms with Gasteiger partial charge >= 0.3 is 6.18 Å². The van der Waals surface area contributed by atoms with Gasteiger partial charge in [0, 0.05) is 19.1 Å². The molecule has 5 heteroatoms. The van der Waals surface area contributed by atoms with E-state index in [0.717, 1.165) is 0 Å². The summed E-state index contributed by atoms with van der Waals surface area (Å²) in [5, 5.41) is 5.18. The number of rotatable bonds is 0. The van der Waals surface area contributed by atoms with Crippen molar-refractivity contribution in [2.75, 3.05) is 13.1 Å². The molecule has 66 valence electrons. The Balaban J connectivity index is 2.39. The van der Waals surface area contributed by atoms with Crippen LogP contribution in [0.5, 0.6) is 0 Å². The summed E-state index contributed by atoms with van der Waals surface area (Å²) in [6.07, 6.45) is -4.12. The van der Waals surface area contributed by atoms with Gasteiger partial charge in [-0.05, 0) is 6.92 Å². The SMILES string of the molecule is C[C@@H]1CN[C@@H](C(F)(F)F)CN1. The maximum Gasteiger partial charge on any atom is 0.405 e. The zero-order valence-electron chi connectivity index (χ0n) is 6.20. The van der Waals surface area contributed by atoms with Gasteiger partial charge in [-0.2, -0.15) is 13.2 Å². The highest BCUT2D eigenvalue weighted by molar-refractivity contribution is 4.85. The van der Waals surface area contributed by atoms with Crippen molar-refractivity contribution in [1.29, 1.82) is 0 Å². The second-order valence-electron chi connectivity index (χ2n) is 2.81. The summed E-state index contributed by atoms with van der Waals surface area (Å²) in [7, 11) is 0. The van der Waals surface area contributed by atoms with Crippen LogP contribution in [-0.2, 0) is 0 Å². The van der Waals surface area contributed by atoms with Gasteiger partial charge in [0.05, 0.1) is 0 Å². The molecule has 0 unspecified atom stereocenters. The van der Waals surface area contributed by atoms with Gasteiger partial charge in [0.15, 0.2) is 0 Å². The number of alkyl halides is 3. The van der Waals surface area contributed by atoms with E-state index in [-0.39, 0.29) is 12.6 Å².